The van der Waals surface area contributed by atoms with Gasteiger partial charge in [-0.25, -0.2) is 4.79 Å². The molecular weight excluding hydrogens is 420 g/mol. The van der Waals surface area contributed by atoms with Gasteiger partial charge in [0, 0.05) is 43.4 Å². The second-order valence-electron chi connectivity index (χ2n) is 7.93. The van der Waals surface area contributed by atoms with Crippen LogP contribution < -0.4 is 4.90 Å². The van der Waals surface area contributed by atoms with Crippen molar-refractivity contribution in [2.24, 2.45) is 0 Å². The Morgan fingerprint density at radius 2 is 1.69 bits per heavy atom. The first-order valence-electron chi connectivity index (χ1n) is 10.7. The van der Waals surface area contributed by atoms with Gasteiger partial charge in [-0.2, -0.15) is 0 Å². The molecule has 0 bridgehead atoms. The molecule has 0 atom stereocenters. The highest BCUT2D eigenvalue weighted by molar-refractivity contribution is 6.30. The first-order chi connectivity index (χ1) is 15.6. The lowest BCUT2D eigenvalue weighted by Gasteiger charge is -2.36. The van der Waals surface area contributed by atoms with Crippen LogP contribution in [0.1, 0.15) is 21.5 Å². The van der Waals surface area contributed by atoms with Crippen molar-refractivity contribution in [2.75, 3.05) is 38.2 Å². The van der Waals surface area contributed by atoms with Crippen LogP contribution in [-0.4, -0.2) is 44.2 Å². The van der Waals surface area contributed by atoms with Gasteiger partial charge in [-0.3, -0.25) is 4.90 Å². The summed E-state index contributed by atoms with van der Waals surface area (Å²) in [5.41, 5.74) is 6.53. The zero-order valence-electron chi connectivity index (χ0n) is 18.3. The number of methoxy groups -OCH3 is 1. The van der Waals surface area contributed by atoms with Crippen LogP contribution in [0.5, 0.6) is 0 Å². The van der Waals surface area contributed by atoms with Crippen molar-refractivity contribution in [1.29, 1.82) is 0 Å². The molecule has 1 fully saturated rings. The predicted molar refractivity (Wildman–Crippen MR) is 132 cm³/mol. The number of ether oxygens (including phenoxy) is 1. The average Bonchev–Trinajstić information content (AvgIpc) is 2.85. The molecule has 0 amide bonds. The van der Waals surface area contributed by atoms with E-state index in [2.05, 4.69) is 46.7 Å². The molecule has 0 N–H and O–H groups in total. The number of piperazine rings is 1. The van der Waals surface area contributed by atoms with E-state index in [4.69, 9.17) is 16.3 Å². The Hall–Kier alpha value is -3.08. The summed E-state index contributed by atoms with van der Waals surface area (Å²) < 4.78 is 4.78. The summed E-state index contributed by atoms with van der Waals surface area (Å²) in [5.74, 6) is -0.306. The standard InChI is InChI=1S/C27H27ClN2O2/c1-3-20-4-13-26(21-5-9-24(28)10-6-21)23(18-20)19-29-14-16-30(17-15-29)25-11-7-22(8-12-25)27(31)32-2/h3-13,18H,1,14-17,19H2,2H3. The minimum atomic E-state index is -0.306. The van der Waals surface area contributed by atoms with E-state index >= 15 is 0 Å². The molecule has 3 aromatic carbocycles. The number of benzene rings is 3. The molecule has 4 rings (SSSR count). The number of carbonyl (C=O) groups excluding carboxylic acids is 1. The second-order valence-corrected chi connectivity index (χ2v) is 8.37. The van der Waals surface area contributed by atoms with Crippen molar-refractivity contribution in [3.05, 3.63) is 95.0 Å². The molecule has 1 saturated heterocycles. The van der Waals surface area contributed by atoms with E-state index in [1.54, 1.807) is 0 Å². The average molecular weight is 447 g/mol. The Morgan fingerprint density at radius 1 is 1.00 bits per heavy atom. The fourth-order valence-corrected chi connectivity index (χ4v) is 4.24. The normalized spacial score (nSPS) is 14.2. The number of hydrogen-bond donors (Lipinski definition) is 0. The van der Waals surface area contributed by atoms with E-state index in [1.165, 1.54) is 23.8 Å². The van der Waals surface area contributed by atoms with Gasteiger partial charge in [-0.1, -0.05) is 48.5 Å². The van der Waals surface area contributed by atoms with E-state index in [1.807, 2.05) is 42.5 Å². The summed E-state index contributed by atoms with van der Waals surface area (Å²) in [4.78, 5) is 16.5. The Bertz CT molecular complexity index is 1090. The highest BCUT2D eigenvalue weighted by atomic mass is 35.5. The molecule has 1 aliphatic heterocycles. The molecule has 3 aromatic rings. The van der Waals surface area contributed by atoms with Crippen LogP contribution in [0.2, 0.25) is 5.02 Å². The number of carbonyl (C=O) groups is 1. The van der Waals surface area contributed by atoms with E-state index < -0.39 is 0 Å². The third-order valence-corrected chi connectivity index (χ3v) is 6.19. The van der Waals surface area contributed by atoms with Gasteiger partial charge in [0.1, 0.15) is 0 Å². The van der Waals surface area contributed by atoms with E-state index in [0.717, 1.165) is 49.0 Å². The summed E-state index contributed by atoms with van der Waals surface area (Å²) >= 11 is 6.09. The number of esters is 1. The quantitative estimate of drug-likeness (QED) is 0.451. The van der Waals surface area contributed by atoms with E-state index in [9.17, 15) is 4.79 Å². The third-order valence-electron chi connectivity index (χ3n) is 5.94. The summed E-state index contributed by atoms with van der Waals surface area (Å²) in [6.45, 7) is 8.63. The first kappa shape index (κ1) is 22.1. The predicted octanol–water partition coefficient (Wildman–Crippen LogP) is 5.76. The Morgan fingerprint density at radius 3 is 2.31 bits per heavy atom. The summed E-state index contributed by atoms with van der Waals surface area (Å²) in [5, 5.41) is 0.744. The lowest BCUT2D eigenvalue weighted by Crippen LogP contribution is -2.46. The van der Waals surface area contributed by atoms with Gasteiger partial charge in [0.05, 0.1) is 12.7 Å². The maximum absolute atomic E-state index is 11.7. The van der Waals surface area contributed by atoms with Crippen molar-refractivity contribution < 1.29 is 9.53 Å². The Kier molecular flexibility index (Phi) is 6.93. The van der Waals surface area contributed by atoms with Gasteiger partial charge >= 0.3 is 5.97 Å². The number of nitrogens with zero attached hydrogens (tertiary/aromatic N) is 2. The number of rotatable bonds is 6. The minimum Gasteiger partial charge on any atom is -0.465 e. The smallest absolute Gasteiger partial charge is 0.337 e. The highest BCUT2D eigenvalue weighted by Gasteiger charge is 2.19. The van der Waals surface area contributed by atoms with Gasteiger partial charge in [0.2, 0.25) is 0 Å². The second kappa shape index (κ2) is 10.0. The molecule has 4 nitrogen and oxygen atoms in total. The number of hydrogen-bond acceptors (Lipinski definition) is 4. The zero-order chi connectivity index (χ0) is 22.5. The van der Waals surface area contributed by atoms with Crippen LogP contribution in [-0.2, 0) is 11.3 Å². The van der Waals surface area contributed by atoms with Crippen molar-refractivity contribution in [3.63, 3.8) is 0 Å². The summed E-state index contributed by atoms with van der Waals surface area (Å²) in [6, 6.07) is 22.2. The molecule has 1 aliphatic rings. The molecule has 0 radical (unpaired) electrons. The van der Waals surface area contributed by atoms with E-state index in [0.29, 0.717) is 5.56 Å². The zero-order valence-corrected chi connectivity index (χ0v) is 19.0. The first-order valence-corrected chi connectivity index (χ1v) is 11.1. The largest absolute Gasteiger partial charge is 0.465 e. The van der Waals surface area contributed by atoms with Crippen molar-refractivity contribution in [2.45, 2.75) is 6.54 Å². The molecule has 0 aromatic heterocycles. The van der Waals surface area contributed by atoms with E-state index in [-0.39, 0.29) is 5.97 Å². The lowest BCUT2D eigenvalue weighted by atomic mass is 9.97. The molecule has 0 spiro atoms. The molecule has 1 heterocycles. The van der Waals surface area contributed by atoms with Crippen LogP contribution in [0.4, 0.5) is 5.69 Å². The highest BCUT2D eigenvalue weighted by Crippen LogP contribution is 2.28. The fourth-order valence-electron chi connectivity index (χ4n) is 4.11. The van der Waals surface area contributed by atoms with Gasteiger partial charge in [0.25, 0.3) is 0 Å². The van der Waals surface area contributed by atoms with Crippen LogP contribution >= 0.6 is 11.6 Å². The van der Waals surface area contributed by atoms with Crippen molar-refractivity contribution >= 4 is 29.3 Å². The van der Waals surface area contributed by atoms with Crippen LogP contribution in [0.15, 0.2) is 73.3 Å². The monoisotopic (exact) mass is 446 g/mol. The van der Waals surface area contributed by atoms with Gasteiger partial charge < -0.3 is 9.64 Å². The van der Waals surface area contributed by atoms with Crippen molar-refractivity contribution in [3.8, 4) is 11.1 Å². The molecule has 164 valence electrons. The molecule has 5 heteroatoms. The fraction of sp³-hybridized carbons (Fsp3) is 0.222. The lowest BCUT2D eigenvalue weighted by molar-refractivity contribution is 0.0601. The Labute approximate surface area is 194 Å². The van der Waals surface area contributed by atoms with Crippen molar-refractivity contribution in [1.82, 2.24) is 4.90 Å². The minimum absolute atomic E-state index is 0.306. The summed E-state index contributed by atoms with van der Waals surface area (Å²) in [7, 11) is 1.40. The SMILES string of the molecule is C=Cc1ccc(-c2ccc(Cl)cc2)c(CN2CCN(c3ccc(C(=O)OC)cc3)CC2)c1. The molecular formula is C27H27ClN2O2. The van der Waals surface area contributed by atoms with Crippen LogP contribution in [0, 0.1) is 0 Å². The number of anilines is 1. The topological polar surface area (TPSA) is 32.8 Å². The Balaban J connectivity index is 1.45. The molecule has 0 saturated carbocycles. The van der Waals surface area contributed by atoms with Crippen LogP contribution in [0.3, 0.4) is 0 Å². The number of halogens is 1. The van der Waals surface area contributed by atoms with Gasteiger partial charge in [-0.05, 0) is 64.7 Å². The maximum Gasteiger partial charge on any atom is 0.337 e. The molecule has 32 heavy (non-hydrogen) atoms. The van der Waals surface area contributed by atoms with Gasteiger partial charge in [-0.15, -0.1) is 0 Å². The maximum atomic E-state index is 11.7. The van der Waals surface area contributed by atoms with Crippen LogP contribution in [0.25, 0.3) is 17.2 Å². The van der Waals surface area contributed by atoms with Gasteiger partial charge in [0.15, 0.2) is 0 Å². The molecule has 0 unspecified atom stereocenters. The molecule has 0 aliphatic carbocycles. The summed E-state index contributed by atoms with van der Waals surface area (Å²) in [6.07, 6.45) is 1.89. The third kappa shape index (κ3) is 5.04.